The van der Waals surface area contributed by atoms with E-state index in [0.717, 1.165) is 27.1 Å². The highest BCUT2D eigenvalue weighted by atomic mass is 19.1. The molecule has 0 bridgehead atoms. The Morgan fingerprint density at radius 1 is 0.741 bits per heavy atom. The van der Waals surface area contributed by atoms with Crippen LogP contribution in [0.5, 0.6) is 0 Å². The number of rotatable bonds is 1. The van der Waals surface area contributed by atoms with Crippen molar-refractivity contribution in [3.8, 4) is 11.3 Å². The molecular weight excluding hydrogens is 333 g/mol. The molecule has 0 saturated heterocycles. The van der Waals surface area contributed by atoms with Crippen molar-refractivity contribution in [1.82, 2.24) is 4.98 Å². The average molecular weight is 351 g/mol. The van der Waals surface area contributed by atoms with Gasteiger partial charge in [0.2, 0.25) is 0 Å². The Bertz CT molecular complexity index is 1350. The van der Waals surface area contributed by atoms with Crippen LogP contribution in [0.25, 0.3) is 43.6 Å². The molecule has 0 aliphatic carbocycles. The van der Waals surface area contributed by atoms with Crippen molar-refractivity contribution in [1.29, 1.82) is 0 Å². The van der Waals surface area contributed by atoms with E-state index in [-0.39, 0.29) is 5.82 Å². The number of benzene rings is 4. The number of nitrogens with zero attached hydrogens (tertiary/aromatic N) is 1. The van der Waals surface area contributed by atoms with Gasteiger partial charge in [0.15, 0.2) is 0 Å². The van der Waals surface area contributed by atoms with Crippen molar-refractivity contribution >= 4 is 32.3 Å². The molecule has 1 heterocycles. The highest BCUT2D eigenvalue weighted by molar-refractivity contribution is 6.13. The predicted octanol–water partition coefficient (Wildman–Crippen LogP) is 6.96. The maximum Gasteiger partial charge on any atom is 0.133 e. The number of fused-ring (bicyclic) bond motifs is 4. The fourth-order valence-electron chi connectivity index (χ4n) is 3.98. The molecule has 0 N–H and O–H groups in total. The van der Waals surface area contributed by atoms with E-state index in [2.05, 4.69) is 49.2 Å². The van der Waals surface area contributed by atoms with Crippen molar-refractivity contribution in [2.24, 2.45) is 0 Å². The SMILES string of the molecule is Cc1ccc2c(ccc3c(-c4cc5ccccc5cc4F)ncc(C)c32)c1. The Hall–Kier alpha value is -3.26. The monoisotopic (exact) mass is 351 g/mol. The molecule has 1 nitrogen and oxygen atoms in total. The van der Waals surface area contributed by atoms with Gasteiger partial charge in [0.1, 0.15) is 5.82 Å². The van der Waals surface area contributed by atoms with E-state index in [4.69, 9.17) is 0 Å². The molecule has 0 atom stereocenters. The van der Waals surface area contributed by atoms with Crippen LogP contribution in [0.4, 0.5) is 4.39 Å². The summed E-state index contributed by atoms with van der Waals surface area (Å²) in [6.45, 7) is 4.16. The maximum absolute atomic E-state index is 15.0. The summed E-state index contributed by atoms with van der Waals surface area (Å²) in [5.74, 6) is -0.240. The van der Waals surface area contributed by atoms with Gasteiger partial charge in [0.25, 0.3) is 0 Å². The van der Waals surface area contributed by atoms with E-state index >= 15 is 0 Å². The van der Waals surface area contributed by atoms with Gasteiger partial charge in [-0.05, 0) is 58.5 Å². The second-order valence-corrected chi connectivity index (χ2v) is 7.18. The highest BCUT2D eigenvalue weighted by Gasteiger charge is 2.14. The third-order valence-corrected chi connectivity index (χ3v) is 5.30. The standard InChI is InChI=1S/C25H18FN/c1-15-7-9-20-19(11-15)8-10-21-24(20)16(2)14-27-25(21)22-12-17-5-3-4-6-18(17)13-23(22)26/h3-14H,1-2H3. The minimum Gasteiger partial charge on any atom is -0.255 e. The summed E-state index contributed by atoms with van der Waals surface area (Å²) < 4.78 is 15.0. The topological polar surface area (TPSA) is 12.9 Å². The third-order valence-electron chi connectivity index (χ3n) is 5.30. The van der Waals surface area contributed by atoms with E-state index < -0.39 is 0 Å². The molecule has 5 rings (SSSR count). The summed E-state index contributed by atoms with van der Waals surface area (Å²) >= 11 is 0. The van der Waals surface area contributed by atoms with Crippen LogP contribution in [0.2, 0.25) is 0 Å². The second-order valence-electron chi connectivity index (χ2n) is 7.18. The normalized spacial score (nSPS) is 11.5. The van der Waals surface area contributed by atoms with Gasteiger partial charge in [-0.1, -0.05) is 60.2 Å². The van der Waals surface area contributed by atoms with Crippen LogP contribution < -0.4 is 0 Å². The molecule has 5 aromatic rings. The van der Waals surface area contributed by atoms with Crippen molar-refractivity contribution in [3.63, 3.8) is 0 Å². The lowest BCUT2D eigenvalue weighted by atomic mass is 9.94. The fourth-order valence-corrected chi connectivity index (χ4v) is 3.98. The van der Waals surface area contributed by atoms with Crippen LogP contribution >= 0.6 is 0 Å². The molecule has 0 spiro atoms. The van der Waals surface area contributed by atoms with Gasteiger partial charge < -0.3 is 0 Å². The van der Waals surface area contributed by atoms with Gasteiger partial charge in [-0.25, -0.2) is 4.39 Å². The number of aromatic nitrogens is 1. The molecule has 4 aromatic carbocycles. The number of pyridine rings is 1. The molecule has 0 radical (unpaired) electrons. The van der Waals surface area contributed by atoms with E-state index in [9.17, 15) is 4.39 Å². The molecule has 27 heavy (non-hydrogen) atoms. The molecular formula is C25H18FN. The molecule has 0 unspecified atom stereocenters. The van der Waals surface area contributed by atoms with Crippen LogP contribution in [-0.4, -0.2) is 4.98 Å². The van der Waals surface area contributed by atoms with Crippen molar-refractivity contribution in [3.05, 3.63) is 89.9 Å². The van der Waals surface area contributed by atoms with Crippen LogP contribution in [0.3, 0.4) is 0 Å². The summed E-state index contributed by atoms with van der Waals surface area (Å²) in [4.78, 5) is 4.63. The summed E-state index contributed by atoms with van der Waals surface area (Å²) in [5.41, 5.74) is 3.57. The maximum atomic E-state index is 15.0. The predicted molar refractivity (Wildman–Crippen MR) is 112 cm³/mol. The van der Waals surface area contributed by atoms with Crippen molar-refractivity contribution < 1.29 is 4.39 Å². The lowest BCUT2D eigenvalue weighted by Crippen LogP contribution is -1.93. The first-order valence-corrected chi connectivity index (χ1v) is 9.09. The van der Waals surface area contributed by atoms with E-state index in [1.165, 1.54) is 16.3 Å². The molecule has 0 aliphatic heterocycles. The first-order valence-electron chi connectivity index (χ1n) is 9.09. The van der Waals surface area contributed by atoms with Gasteiger partial charge in [0, 0.05) is 17.1 Å². The summed E-state index contributed by atoms with van der Waals surface area (Å²) in [7, 11) is 0. The number of halogens is 1. The van der Waals surface area contributed by atoms with Gasteiger partial charge in [-0.2, -0.15) is 0 Å². The van der Waals surface area contributed by atoms with Crippen LogP contribution in [-0.2, 0) is 0 Å². The molecule has 2 heteroatoms. The largest absolute Gasteiger partial charge is 0.255 e. The first-order chi connectivity index (χ1) is 13.1. The average Bonchev–Trinajstić information content (AvgIpc) is 2.67. The van der Waals surface area contributed by atoms with E-state index in [1.54, 1.807) is 6.07 Å². The number of hydrogen-bond donors (Lipinski definition) is 0. The van der Waals surface area contributed by atoms with Crippen LogP contribution in [0.15, 0.2) is 72.9 Å². The Morgan fingerprint density at radius 2 is 1.48 bits per heavy atom. The van der Waals surface area contributed by atoms with Crippen LogP contribution in [0.1, 0.15) is 11.1 Å². The zero-order valence-electron chi connectivity index (χ0n) is 15.3. The third kappa shape index (κ3) is 2.48. The quantitative estimate of drug-likeness (QED) is 0.297. The zero-order chi connectivity index (χ0) is 18.5. The Labute approximate surface area is 157 Å². The Balaban J connectivity index is 1.88. The van der Waals surface area contributed by atoms with Gasteiger partial charge >= 0.3 is 0 Å². The molecule has 0 amide bonds. The Morgan fingerprint density at radius 3 is 2.30 bits per heavy atom. The van der Waals surface area contributed by atoms with E-state index in [1.807, 2.05) is 36.5 Å². The zero-order valence-corrected chi connectivity index (χ0v) is 15.3. The van der Waals surface area contributed by atoms with Gasteiger partial charge in [-0.3, -0.25) is 4.98 Å². The van der Waals surface area contributed by atoms with Crippen molar-refractivity contribution in [2.45, 2.75) is 13.8 Å². The molecule has 0 aliphatic rings. The molecule has 0 fully saturated rings. The summed E-state index contributed by atoms with van der Waals surface area (Å²) in [6.07, 6.45) is 1.85. The summed E-state index contributed by atoms with van der Waals surface area (Å²) in [5, 5.41) is 6.42. The second kappa shape index (κ2) is 5.88. The molecule has 130 valence electrons. The fraction of sp³-hybridized carbons (Fsp3) is 0.0800. The van der Waals surface area contributed by atoms with Gasteiger partial charge in [-0.15, -0.1) is 0 Å². The minimum atomic E-state index is -0.240. The van der Waals surface area contributed by atoms with Crippen molar-refractivity contribution in [2.75, 3.05) is 0 Å². The lowest BCUT2D eigenvalue weighted by Gasteiger charge is -2.13. The first kappa shape index (κ1) is 16.0. The highest BCUT2D eigenvalue weighted by Crippen LogP contribution is 2.36. The lowest BCUT2D eigenvalue weighted by molar-refractivity contribution is 0.632. The molecule has 0 saturated carbocycles. The van der Waals surface area contributed by atoms with E-state index in [0.29, 0.717) is 11.3 Å². The minimum absolute atomic E-state index is 0.240. The smallest absolute Gasteiger partial charge is 0.133 e. The number of aryl methyl sites for hydroxylation is 2. The Kier molecular flexibility index (Phi) is 3.48. The summed E-state index contributed by atoms with van der Waals surface area (Å²) in [6, 6.07) is 22.0. The van der Waals surface area contributed by atoms with Gasteiger partial charge in [0.05, 0.1) is 5.69 Å². The van der Waals surface area contributed by atoms with Crippen LogP contribution in [0, 0.1) is 19.7 Å². The number of hydrogen-bond acceptors (Lipinski definition) is 1. The molecule has 1 aromatic heterocycles.